The number of phenolic OH excluding ortho intramolecular Hbond substituents is 1. The molecule has 74 valence electrons. The van der Waals surface area contributed by atoms with Gasteiger partial charge in [0, 0.05) is 28.0 Å². The molecule has 0 bridgehead atoms. The van der Waals surface area contributed by atoms with Crippen molar-refractivity contribution in [2.75, 3.05) is 6.54 Å². The predicted molar refractivity (Wildman–Crippen MR) is 60.4 cm³/mol. The van der Waals surface area contributed by atoms with E-state index in [2.05, 4.69) is 20.9 Å². The van der Waals surface area contributed by atoms with Crippen molar-refractivity contribution in [2.45, 2.75) is 6.42 Å². The molecule has 0 spiro atoms. The maximum Gasteiger partial charge on any atom is 0.117 e. The molecule has 0 atom stereocenters. The monoisotopic (exact) mass is 254 g/mol. The highest BCUT2D eigenvalue weighted by Crippen LogP contribution is 2.30. The molecular weight excluding hydrogens is 244 g/mol. The number of H-pyrrole nitrogens is 1. The molecule has 4 heteroatoms. The van der Waals surface area contributed by atoms with Crippen molar-refractivity contribution in [3.8, 4) is 5.75 Å². The lowest BCUT2D eigenvalue weighted by molar-refractivity contribution is 0.476. The van der Waals surface area contributed by atoms with Gasteiger partial charge in [-0.2, -0.15) is 0 Å². The molecule has 4 N–H and O–H groups in total. The van der Waals surface area contributed by atoms with Crippen LogP contribution in [0, 0.1) is 0 Å². The fourth-order valence-electron chi connectivity index (χ4n) is 1.52. The molecule has 0 fully saturated rings. The number of fused-ring (bicyclic) bond motifs is 1. The Labute approximate surface area is 90.1 Å². The summed E-state index contributed by atoms with van der Waals surface area (Å²) < 4.78 is 1.04. The van der Waals surface area contributed by atoms with Crippen LogP contribution in [0.3, 0.4) is 0 Å². The van der Waals surface area contributed by atoms with Crippen LogP contribution in [0.2, 0.25) is 0 Å². The Balaban J connectivity index is 2.61. The zero-order valence-electron chi connectivity index (χ0n) is 7.55. The minimum Gasteiger partial charge on any atom is -0.508 e. The van der Waals surface area contributed by atoms with E-state index in [1.807, 2.05) is 6.07 Å². The normalized spacial score (nSPS) is 11.0. The van der Waals surface area contributed by atoms with Crippen LogP contribution in [-0.2, 0) is 6.42 Å². The summed E-state index contributed by atoms with van der Waals surface area (Å²) >= 11 is 3.51. The van der Waals surface area contributed by atoms with Crippen molar-refractivity contribution in [3.63, 3.8) is 0 Å². The molecule has 0 aliphatic heterocycles. The van der Waals surface area contributed by atoms with Gasteiger partial charge >= 0.3 is 0 Å². The highest BCUT2D eigenvalue weighted by molar-refractivity contribution is 9.10. The first kappa shape index (κ1) is 9.55. The molecule has 1 heterocycles. The van der Waals surface area contributed by atoms with Crippen molar-refractivity contribution >= 4 is 26.8 Å². The molecule has 0 saturated heterocycles. The highest BCUT2D eigenvalue weighted by Gasteiger charge is 2.08. The second-order valence-corrected chi connectivity index (χ2v) is 3.98. The summed E-state index contributed by atoms with van der Waals surface area (Å²) in [6.45, 7) is 0.609. The third-order valence-corrected chi connectivity index (χ3v) is 3.09. The molecule has 0 unspecified atom stereocenters. The number of aromatic nitrogens is 1. The summed E-state index contributed by atoms with van der Waals surface area (Å²) in [5, 5.41) is 10.4. The molecule has 0 saturated carbocycles. The van der Waals surface area contributed by atoms with Gasteiger partial charge in [-0.1, -0.05) is 0 Å². The first-order valence-electron chi connectivity index (χ1n) is 4.41. The van der Waals surface area contributed by atoms with E-state index in [1.54, 1.807) is 12.1 Å². The number of rotatable bonds is 2. The zero-order chi connectivity index (χ0) is 10.1. The van der Waals surface area contributed by atoms with Crippen LogP contribution in [0.5, 0.6) is 5.75 Å². The summed E-state index contributed by atoms with van der Waals surface area (Å²) in [5.74, 6) is 0.269. The Bertz CT molecular complexity index is 464. The smallest absolute Gasteiger partial charge is 0.117 e. The van der Waals surface area contributed by atoms with E-state index in [4.69, 9.17) is 5.73 Å². The molecule has 2 aromatic rings. The fraction of sp³-hybridized carbons (Fsp3) is 0.200. The van der Waals surface area contributed by atoms with Crippen LogP contribution < -0.4 is 5.73 Å². The Morgan fingerprint density at radius 2 is 2.21 bits per heavy atom. The molecule has 14 heavy (non-hydrogen) atoms. The quantitative estimate of drug-likeness (QED) is 0.769. The Morgan fingerprint density at radius 3 is 2.93 bits per heavy atom. The third-order valence-electron chi connectivity index (χ3n) is 2.18. The van der Waals surface area contributed by atoms with Gasteiger partial charge in [0.15, 0.2) is 0 Å². The lowest BCUT2D eigenvalue weighted by atomic mass is 10.2. The van der Waals surface area contributed by atoms with Gasteiger partial charge in [-0.15, -0.1) is 0 Å². The van der Waals surface area contributed by atoms with Crippen molar-refractivity contribution in [1.82, 2.24) is 4.98 Å². The molecule has 0 amide bonds. The number of nitrogens with two attached hydrogens (primary N) is 1. The van der Waals surface area contributed by atoms with Crippen LogP contribution in [0.15, 0.2) is 22.7 Å². The number of hydrogen-bond donors (Lipinski definition) is 3. The highest BCUT2D eigenvalue weighted by atomic mass is 79.9. The summed E-state index contributed by atoms with van der Waals surface area (Å²) in [6, 6.07) is 5.26. The van der Waals surface area contributed by atoms with Gasteiger partial charge in [-0.05, 0) is 34.6 Å². The SMILES string of the molecule is NCCc1[nH]c2cc(O)ccc2c1Br. The van der Waals surface area contributed by atoms with E-state index < -0.39 is 0 Å². The number of aromatic amines is 1. The summed E-state index contributed by atoms with van der Waals surface area (Å²) in [5.41, 5.74) is 7.50. The number of hydrogen-bond acceptors (Lipinski definition) is 2. The van der Waals surface area contributed by atoms with E-state index in [-0.39, 0.29) is 5.75 Å². The number of phenols is 1. The van der Waals surface area contributed by atoms with Gasteiger partial charge in [0.25, 0.3) is 0 Å². The largest absolute Gasteiger partial charge is 0.508 e. The summed E-state index contributed by atoms with van der Waals surface area (Å²) in [4.78, 5) is 3.22. The van der Waals surface area contributed by atoms with E-state index in [0.29, 0.717) is 6.54 Å². The standard InChI is InChI=1S/C10H11BrN2O/c11-10-7-2-1-6(14)5-9(7)13-8(10)3-4-12/h1-2,5,13-14H,3-4,12H2. The second kappa shape index (κ2) is 3.63. The molecule has 0 radical (unpaired) electrons. The van der Waals surface area contributed by atoms with Gasteiger partial charge in [0.1, 0.15) is 5.75 Å². The molecule has 1 aromatic carbocycles. The minimum absolute atomic E-state index is 0.269. The van der Waals surface area contributed by atoms with Gasteiger partial charge in [-0.25, -0.2) is 0 Å². The maximum atomic E-state index is 9.30. The first-order valence-corrected chi connectivity index (χ1v) is 5.21. The number of benzene rings is 1. The van der Waals surface area contributed by atoms with E-state index >= 15 is 0 Å². The topological polar surface area (TPSA) is 62.0 Å². The van der Waals surface area contributed by atoms with Crippen LogP contribution in [-0.4, -0.2) is 16.6 Å². The number of halogens is 1. The second-order valence-electron chi connectivity index (χ2n) is 3.19. The van der Waals surface area contributed by atoms with Crippen molar-refractivity contribution in [3.05, 3.63) is 28.4 Å². The molecule has 2 rings (SSSR count). The van der Waals surface area contributed by atoms with E-state index in [1.165, 1.54) is 0 Å². The average Bonchev–Trinajstić information content (AvgIpc) is 2.44. The summed E-state index contributed by atoms with van der Waals surface area (Å²) in [7, 11) is 0. The van der Waals surface area contributed by atoms with Gasteiger partial charge < -0.3 is 15.8 Å². The predicted octanol–water partition coefficient (Wildman–Crippen LogP) is 2.14. The third kappa shape index (κ3) is 1.51. The molecule has 3 nitrogen and oxygen atoms in total. The Morgan fingerprint density at radius 1 is 1.43 bits per heavy atom. The molecule has 1 aromatic heterocycles. The zero-order valence-corrected chi connectivity index (χ0v) is 9.13. The first-order chi connectivity index (χ1) is 6.72. The van der Waals surface area contributed by atoms with Crippen LogP contribution >= 0.6 is 15.9 Å². The van der Waals surface area contributed by atoms with Gasteiger partial charge in [0.05, 0.1) is 5.52 Å². The Kier molecular flexibility index (Phi) is 2.48. The van der Waals surface area contributed by atoms with E-state index in [9.17, 15) is 5.11 Å². The fourth-order valence-corrected chi connectivity index (χ4v) is 2.17. The van der Waals surface area contributed by atoms with Crippen LogP contribution in [0.4, 0.5) is 0 Å². The number of nitrogens with one attached hydrogen (secondary N) is 1. The summed E-state index contributed by atoms with van der Waals surface area (Å²) in [6.07, 6.45) is 0.802. The van der Waals surface area contributed by atoms with Crippen LogP contribution in [0.25, 0.3) is 10.9 Å². The maximum absolute atomic E-state index is 9.30. The van der Waals surface area contributed by atoms with Crippen molar-refractivity contribution < 1.29 is 5.11 Å². The van der Waals surface area contributed by atoms with Gasteiger partial charge in [0.2, 0.25) is 0 Å². The minimum atomic E-state index is 0.269. The van der Waals surface area contributed by atoms with Gasteiger partial charge in [-0.3, -0.25) is 0 Å². The lowest BCUT2D eigenvalue weighted by Crippen LogP contribution is -2.03. The number of aromatic hydroxyl groups is 1. The molecule has 0 aliphatic rings. The Hall–Kier alpha value is -1.000. The molecule has 0 aliphatic carbocycles. The average molecular weight is 255 g/mol. The van der Waals surface area contributed by atoms with E-state index in [0.717, 1.165) is 27.5 Å². The lowest BCUT2D eigenvalue weighted by Gasteiger charge is -1.93. The molecular formula is C10H11BrN2O. The van der Waals surface area contributed by atoms with Crippen molar-refractivity contribution in [2.24, 2.45) is 5.73 Å². The van der Waals surface area contributed by atoms with Crippen LogP contribution in [0.1, 0.15) is 5.69 Å². The van der Waals surface area contributed by atoms with Crippen molar-refractivity contribution in [1.29, 1.82) is 0 Å².